The molecule has 0 spiro atoms. The Labute approximate surface area is 343 Å². The fourth-order valence-electron chi connectivity index (χ4n) is 9.25. The molecule has 3 unspecified atom stereocenters. The Balaban J connectivity index is 1.38. The first-order chi connectivity index (χ1) is 27.4. The van der Waals surface area contributed by atoms with Gasteiger partial charge in [0.2, 0.25) is 0 Å². The van der Waals surface area contributed by atoms with Crippen LogP contribution in [0.5, 0.6) is 0 Å². The molecular weight excluding hydrogens is 747 g/mol. The number of carbonyl (C=O) groups is 3. The van der Waals surface area contributed by atoms with Gasteiger partial charge in [-0.05, 0) is 105 Å². The van der Waals surface area contributed by atoms with Crippen LogP contribution in [-0.2, 0) is 39.8 Å². The Morgan fingerprint density at radius 1 is 1.05 bits per heavy atom. The van der Waals surface area contributed by atoms with Crippen LogP contribution in [0.2, 0.25) is 0 Å². The quantitative estimate of drug-likeness (QED) is 0.188. The Morgan fingerprint density at radius 3 is 2.43 bits per heavy atom. The monoisotopic (exact) mass is 814 g/mol. The van der Waals surface area contributed by atoms with Gasteiger partial charge in [-0.1, -0.05) is 32.1 Å². The minimum Gasteiger partial charge on any atom is -0.458 e. The number of aromatic nitrogens is 4. The third kappa shape index (κ3) is 9.90. The minimum absolute atomic E-state index is 0.00904. The number of aryl methyl sites for hydroxylation is 1. The summed E-state index contributed by atoms with van der Waals surface area (Å²) in [7, 11) is 5.39. The summed E-state index contributed by atoms with van der Waals surface area (Å²) < 4.78 is 33.3. The molecule has 0 radical (unpaired) electrons. The van der Waals surface area contributed by atoms with Crippen molar-refractivity contribution in [2.45, 2.75) is 154 Å². The number of hydrogen-bond donors (Lipinski definition) is 2. The topological polar surface area (TPSA) is 180 Å². The number of carbonyl (C=O) groups excluding carboxylic acids is 3. The molecule has 16 heteroatoms. The zero-order chi connectivity index (χ0) is 42.5. The first kappa shape index (κ1) is 45.5. The lowest BCUT2D eigenvalue weighted by molar-refractivity contribution is -0.295. The molecule has 3 fully saturated rings. The van der Waals surface area contributed by atoms with E-state index in [4.69, 9.17) is 23.7 Å². The van der Waals surface area contributed by atoms with Gasteiger partial charge in [0.05, 0.1) is 35.7 Å². The fourth-order valence-corrected chi connectivity index (χ4v) is 9.25. The number of fused-ring (bicyclic) bond motifs is 1. The van der Waals surface area contributed by atoms with Gasteiger partial charge in [0.25, 0.3) is 0 Å². The summed E-state index contributed by atoms with van der Waals surface area (Å²) >= 11 is 0. The van der Waals surface area contributed by atoms with Crippen molar-refractivity contribution in [2.75, 3.05) is 34.3 Å². The summed E-state index contributed by atoms with van der Waals surface area (Å²) in [5.41, 5.74) is -0.833. The van der Waals surface area contributed by atoms with E-state index in [0.29, 0.717) is 51.0 Å². The minimum atomic E-state index is -1.23. The maximum atomic E-state index is 14.4. The zero-order valence-electron chi connectivity index (χ0n) is 36.3. The maximum absolute atomic E-state index is 14.4. The van der Waals surface area contributed by atoms with Crippen LogP contribution in [0.4, 0.5) is 4.79 Å². The van der Waals surface area contributed by atoms with E-state index in [9.17, 15) is 19.5 Å². The third-order valence-corrected chi connectivity index (χ3v) is 12.6. The van der Waals surface area contributed by atoms with Crippen LogP contribution < -0.4 is 5.32 Å². The zero-order valence-corrected chi connectivity index (χ0v) is 36.3. The number of esters is 1. The molecule has 0 bridgehead atoms. The lowest BCUT2D eigenvalue weighted by atomic mass is 9.78. The molecule has 16 nitrogen and oxygen atoms in total. The summed E-state index contributed by atoms with van der Waals surface area (Å²) in [6, 6.07) is 4.61. The van der Waals surface area contributed by atoms with Gasteiger partial charge in [0, 0.05) is 44.4 Å². The molecule has 3 aliphatic heterocycles. The number of cyclic esters (lactones) is 1. The van der Waals surface area contributed by atoms with Crippen LogP contribution in [0.15, 0.2) is 30.6 Å². The van der Waals surface area contributed by atoms with Crippen molar-refractivity contribution in [2.24, 2.45) is 17.8 Å². The van der Waals surface area contributed by atoms with Gasteiger partial charge in [-0.15, -0.1) is 5.10 Å². The highest BCUT2D eigenvalue weighted by Gasteiger charge is 2.58. The van der Waals surface area contributed by atoms with Gasteiger partial charge >= 0.3 is 12.1 Å². The molecule has 5 rings (SSSR count). The summed E-state index contributed by atoms with van der Waals surface area (Å²) in [4.78, 5) is 50.2. The second kappa shape index (κ2) is 19.2. The summed E-state index contributed by atoms with van der Waals surface area (Å²) in [6.45, 7) is 16.4. The maximum Gasteiger partial charge on any atom is 0.410 e. The number of pyridine rings is 1. The average molecular weight is 814 g/mol. The van der Waals surface area contributed by atoms with Crippen LogP contribution in [-0.4, -0.2) is 147 Å². The second-order valence-electron chi connectivity index (χ2n) is 17.4. The lowest BCUT2D eigenvalue weighted by Crippen LogP contribution is -2.61. The molecule has 13 atom stereocenters. The number of hydrogen-bond acceptors (Lipinski definition) is 14. The number of aliphatic hydroxyl groups is 1. The highest BCUT2D eigenvalue weighted by molar-refractivity contribution is 6.00. The molecule has 2 N–H and O–H groups in total. The van der Waals surface area contributed by atoms with Crippen molar-refractivity contribution in [3.05, 3.63) is 30.6 Å². The number of ketones is 1. The molecular formula is C42H67N7O9. The van der Waals surface area contributed by atoms with Crippen LogP contribution in [0.1, 0.15) is 87.5 Å². The number of Topliss-reactive ketones (excluding diaryl/α,β-unsaturated/α-hetero) is 1. The molecule has 0 aromatic carbocycles. The van der Waals surface area contributed by atoms with Gasteiger partial charge in [0.15, 0.2) is 17.7 Å². The number of likely N-dealkylation sites (N-methyl/N-ethyl adjacent to an activating group) is 1. The summed E-state index contributed by atoms with van der Waals surface area (Å²) in [5.74, 6) is -3.15. The Kier molecular flexibility index (Phi) is 15.1. The summed E-state index contributed by atoms with van der Waals surface area (Å²) in [6.07, 6.45) is 1.92. The molecule has 1 amide bonds. The average Bonchev–Trinajstić information content (AvgIpc) is 3.77. The van der Waals surface area contributed by atoms with Gasteiger partial charge in [-0.2, -0.15) is 0 Å². The number of rotatable bonds is 11. The molecule has 0 aliphatic carbocycles. The van der Waals surface area contributed by atoms with Gasteiger partial charge in [-0.25, -0.2) is 4.79 Å². The number of nitrogens with zero attached hydrogens (tertiary/aromatic N) is 6. The van der Waals surface area contributed by atoms with Crippen LogP contribution >= 0.6 is 0 Å². The van der Waals surface area contributed by atoms with E-state index in [-0.39, 0.29) is 24.1 Å². The molecule has 324 valence electrons. The predicted octanol–water partition coefficient (Wildman–Crippen LogP) is 4.10. The van der Waals surface area contributed by atoms with Crippen molar-refractivity contribution < 1.29 is 43.2 Å². The van der Waals surface area contributed by atoms with Crippen molar-refractivity contribution in [1.29, 1.82) is 0 Å². The smallest absolute Gasteiger partial charge is 0.410 e. The standard InChI is InChI=1S/C42H67N7O9/c1-12-33-42(8)36(49(40(53)58-42)20-16-15-19-48-24-31(45-46-48)30-17-13-14-18-43-30)29(6)44-23-25(2)22-41(7,54-11)37(27(4)34(50)28(5)38(52)56-33)57-39-35(51)32(47(9)10)21-26(3)55-39/h13-14,17-18,24-29,32-33,35-37,39,44,51H,12,15-16,19-23H2,1-11H3/t25-,26?,27+,28-,29-,32?,33-,35?,36-,37-,39+,41-,42-/m1/s1. The SMILES string of the molecule is CC[C@H]1OC(=O)[C@H](C)C(=O)[C@H](C)[C@@H](O[C@@H]2OC(C)CC(N(C)C)C2O)[C@](C)(OC)C[C@@H](C)CN[C@H](C)[C@H]2N(CCCCn3cc(-c4ccccn4)nn3)C(=O)O[C@]12C. The molecule has 3 aliphatic rings. The number of aliphatic hydroxyl groups excluding tert-OH is 1. The van der Waals surface area contributed by atoms with Crippen LogP contribution in [0.3, 0.4) is 0 Å². The Bertz CT molecular complexity index is 1680. The van der Waals surface area contributed by atoms with E-state index < -0.39 is 71.5 Å². The summed E-state index contributed by atoms with van der Waals surface area (Å²) in [5, 5.41) is 23.6. The van der Waals surface area contributed by atoms with Gasteiger partial charge in [-0.3, -0.25) is 24.2 Å². The van der Waals surface area contributed by atoms with Crippen molar-refractivity contribution in [3.8, 4) is 11.4 Å². The largest absolute Gasteiger partial charge is 0.458 e. The fraction of sp³-hybridized carbons (Fsp3) is 0.762. The lowest BCUT2D eigenvalue weighted by Gasteiger charge is -2.46. The van der Waals surface area contributed by atoms with E-state index in [0.717, 1.165) is 12.1 Å². The first-order valence-corrected chi connectivity index (χ1v) is 20.9. The normalized spacial score (nSPS) is 36.9. The second-order valence-corrected chi connectivity index (χ2v) is 17.4. The predicted molar refractivity (Wildman–Crippen MR) is 215 cm³/mol. The highest BCUT2D eigenvalue weighted by Crippen LogP contribution is 2.40. The van der Waals surface area contributed by atoms with Crippen LogP contribution in [0, 0.1) is 17.8 Å². The van der Waals surface area contributed by atoms with Crippen molar-refractivity contribution in [1.82, 2.24) is 35.1 Å². The molecule has 58 heavy (non-hydrogen) atoms. The molecule has 0 saturated carbocycles. The molecule has 2 aromatic heterocycles. The number of nitrogens with one attached hydrogen (secondary N) is 1. The van der Waals surface area contributed by atoms with Crippen LogP contribution in [0.25, 0.3) is 11.4 Å². The third-order valence-electron chi connectivity index (χ3n) is 12.6. The number of amides is 1. The van der Waals surface area contributed by atoms with Gasteiger partial charge in [0.1, 0.15) is 23.8 Å². The van der Waals surface area contributed by atoms with E-state index in [1.165, 1.54) is 6.92 Å². The van der Waals surface area contributed by atoms with E-state index in [1.807, 2.05) is 78.0 Å². The molecule has 3 saturated heterocycles. The highest BCUT2D eigenvalue weighted by atomic mass is 16.7. The number of methoxy groups -OCH3 is 1. The number of unbranched alkanes of at least 4 members (excludes halogenated alkanes) is 1. The van der Waals surface area contributed by atoms with Crippen molar-refractivity contribution >= 4 is 17.8 Å². The molecule has 2 aromatic rings. The van der Waals surface area contributed by atoms with E-state index >= 15 is 0 Å². The van der Waals surface area contributed by atoms with Crippen molar-refractivity contribution in [3.63, 3.8) is 0 Å². The first-order valence-electron chi connectivity index (χ1n) is 20.9. The molecule has 5 heterocycles. The number of ether oxygens (including phenoxy) is 5. The Hall–Kier alpha value is -3.54. The van der Waals surface area contributed by atoms with E-state index in [2.05, 4.69) is 27.5 Å². The Morgan fingerprint density at radius 2 is 1.78 bits per heavy atom. The van der Waals surface area contributed by atoms with E-state index in [1.54, 1.807) is 29.8 Å². The van der Waals surface area contributed by atoms with Gasteiger partial charge < -0.3 is 39.0 Å².